The van der Waals surface area contributed by atoms with E-state index in [1.165, 1.54) is 16.0 Å². The monoisotopic (exact) mass is 287 g/mol. The molecule has 2 heterocycles. The van der Waals surface area contributed by atoms with Crippen molar-refractivity contribution in [3.63, 3.8) is 0 Å². The van der Waals surface area contributed by atoms with Gasteiger partial charge >= 0.3 is 0 Å². The largest absolute Gasteiger partial charge is 0.309 e. The maximum Gasteiger partial charge on any atom is 0.0537 e. The lowest BCUT2D eigenvalue weighted by atomic mass is 9.90. The topological polar surface area (TPSA) is 29.9 Å². The number of thioether (sulfide) groups is 1. The van der Waals surface area contributed by atoms with Crippen molar-refractivity contribution in [1.82, 2.24) is 15.1 Å². The number of hydrogen-bond donors (Lipinski definition) is 1. The van der Waals surface area contributed by atoms with Gasteiger partial charge in [-0.1, -0.05) is 25.1 Å². The molecule has 0 bridgehead atoms. The lowest BCUT2D eigenvalue weighted by Crippen LogP contribution is -2.27. The maximum absolute atomic E-state index is 4.34. The quantitative estimate of drug-likeness (QED) is 0.914. The second-order valence-electron chi connectivity index (χ2n) is 5.33. The van der Waals surface area contributed by atoms with Crippen molar-refractivity contribution in [2.24, 2.45) is 7.05 Å². The average Bonchev–Trinajstić information content (AvgIpc) is 3.07. The van der Waals surface area contributed by atoms with Crippen LogP contribution >= 0.6 is 11.8 Å². The Balaban J connectivity index is 1.90. The van der Waals surface area contributed by atoms with Crippen molar-refractivity contribution in [3.8, 4) is 0 Å². The van der Waals surface area contributed by atoms with Gasteiger partial charge in [0.1, 0.15) is 0 Å². The van der Waals surface area contributed by atoms with Crippen LogP contribution in [0.15, 0.2) is 41.6 Å². The van der Waals surface area contributed by atoms with Gasteiger partial charge in [0.25, 0.3) is 0 Å². The molecule has 2 atom stereocenters. The van der Waals surface area contributed by atoms with Gasteiger partial charge in [0, 0.05) is 41.4 Å². The van der Waals surface area contributed by atoms with Crippen LogP contribution in [0, 0.1) is 0 Å². The zero-order valence-electron chi connectivity index (χ0n) is 12.0. The summed E-state index contributed by atoms with van der Waals surface area (Å²) in [7, 11) is 1.98. The summed E-state index contributed by atoms with van der Waals surface area (Å²) < 4.78 is 1.89. The minimum atomic E-state index is 0.361. The molecule has 20 heavy (non-hydrogen) atoms. The smallest absolute Gasteiger partial charge is 0.0537 e. The zero-order valence-corrected chi connectivity index (χ0v) is 12.9. The van der Waals surface area contributed by atoms with E-state index in [0.29, 0.717) is 12.0 Å². The first-order chi connectivity index (χ1) is 9.79. The number of aryl methyl sites for hydroxylation is 1. The predicted molar refractivity (Wildman–Crippen MR) is 84.1 cm³/mol. The third-order valence-corrected chi connectivity index (χ3v) is 5.05. The van der Waals surface area contributed by atoms with Gasteiger partial charge in [0.05, 0.1) is 6.20 Å². The second-order valence-corrected chi connectivity index (χ2v) is 6.40. The van der Waals surface area contributed by atoms with Crippen LogP contribution in [0.3, 0.4) is 0 Å². The van der Waals surface area contributed by atoms with Crippen LogP contribution in [0.25, 0.3) is 0 Å². The summed E-state index contributed by atoms with van der Waals surface area (Å²) in [6, 6.07) is 9.15. The van der Waals surface area contributed by atoms with Crippen LogP contribution in [0.1, 0.15) is 36.4 Å². The standard InChI is InChI=1S/C16H21N3S/c1-3-8-17-16(12-9-18-19(2)10-12)14-11-20-15-7-5-4-6-13(14)15/h4-7,9-10,14,16-17H,3,8,11H2,1-2H3. The van der Waals surface area contributed by atoms with Gasteiger partial charge in [0.2, 0.25) is 0 Å². The molecule has 0 radical (unpaired) electrons. The van der Waals surface area contributed by atoms with E-state index in [2.05, 4.69) is 47.8 Å². The molecule has 0 amide bonds. The molecule has 0 spiro atoms. The highest BCUT2D eigenvalue weighted by Crippen LogP contribution is 2.45. The van der Waals surface area contributed by atoms with Gasteiger partial charge < -0.3 is 5.32 Å². The minimum absolute atomic E-state index is 0.361. The van der Waals surface area contributed by atoms with E-state index in [0.717, 1.165) is 18.7 Å². The Kier molecular flexibility index (Phi) is 4.13. The molecule has 2 aromatic rings. The highest BCUT2D eigenvalue weighted by Gasteiger charge is 2.31. The van der Waals surface area contributed by atoms with Gasteiger partial charge in [-0.3, -0.25) is 4.68 Å². The molecule has 1 N–H and O–H groups in total. The van der Waals surface area contributed by atoms with E-state index >= 15 is 0 Å². The fourth-order valence-corrected chi connectivity index (χ4v) is 4.15. The average molecular weight is 287 g/mol. The molecular weight excluding hydrogens is 266 g/mol. The van der Waals surface area contributed by atoms with Crippen LogP contribution < -0.4 is 5.32 Å². The number of nitrogens with one attached hydrogen (secondary N) is 1. The maximum atomic E-state index is 4.34. The molecule has 106 valence electrons. The third kappa shape index (κ3) is 2.63. The predicted octanol–water partition coefficient (Wildman–Crippen LogP) is 3.35. The van der Waals surface area contributed by atoms with E-state index in [1.54, 1.807) is 0 Å². The second kappa shape index (κ2) is 6.02. The first-order valence-electron chi connectivity index (χ1n) is 7.23. The molecule has 3 rings (SSSR count). The van der Waals surface area contributed by atoms with Crippen molar-refractivity contribution in [2.75, 3.05) is 12.3 Å². The molecule has 3 nitrogen and oxygen atoms in total. The van der Waals surface area contributed by atoms with E-state index in [-0.39, 0.29) is 0 Å². The Morgan fingerprint density at radius 1 is 1.45 bits per heavy atom. The molecule has 1 aliphatic heterocycles. The summed E-state index contributed by atoms with van der Waals surface area (Å²) in [5.74, 6) is 1.68. The Hall–Kier alpha value is -1.26. The Morgan fingerprint density at radius 3 is 3.05 bits per heavy atom. The van der Waals surface area contributed by atoms with Crippen molar-refractivity contribution < 1.29 is 0 Å². The number of hydrogen-bond acceptors (Lipinski definition) is 3. The van der Waals surface area contributed by atoms with Gasteiger partial charge in [-0.25, -0.2) is 0 Å². The van der Waals surface area contributed by atoms with Crippen LogP contribution in [-0.4, -0.2) is 22.1 Å². The highest BCUT2D eigenvalue weighted by atomic mass is 32.2. The minimum Gasteiger partial charge on any atom is -0.309 e. The molecule has 1 aromatic carbocycles. The van der Waals surface area contributed by atoms with E-state index in [4.69, 9.17) is 0 Å². The fourth-order valence-electron chi connectivity index (χ4n) is 2.86. The van der Waals surface area contributed by atoms with Gasteiger partial charge in [0.15, 0.2) is 0 Å². The Bertz CT molecular complexity index is 579. The van der Waals surface area contributed by atoms with E-state index < -0.39 is 0 Å². The summed E-state index contributed by atoms with van der Waals surface area (Å²) >= 11 is 1.97. The molecule has 0 aliphatic carbocycles. The number of aromatic nitrogens is 2. The van der Waals surface area contributed by atoms with Gasteiger partial charge in [-0.15, -0.1) is 11.8 Å². The Labute approximate surface area is 124 Å². The van der Waals surface area contributed by atoms with Gasteiger partial charge in [-0.2, -0.15) is 5.10 Å². The van der Waals surface area contributed by atoms with Crippen LogP contribution in [0.5, 0.6) is 0 Å². The van der Waals surface area contributed by atoms with E-state index in [1.807, 2.05) is 29.7 Å². The fraction of sp³-hybridized carbons (Fsp3) is 0.438. The molecule has 1 aromatic heterocycles. The summed E-state index contributed by atoms with van der Waals surface area (Å²) in [5.41, 5.74) is 2.78. The SMILES string of the molecule is CCCNC(c1cnn(C)c1)C1CSc2ccccc21. The normalized spacial score (nSPS) is 19.0. The lowest BCUT2D eigenvalue weighted by molar-refractivity contribution is 0.471. The van der Waals surface area contributed by atoms with Gasteiger partial charge in [-0.05, 0) is 24.6 Å². The molecule has 0 saturated heterocycles. The number of benzene rings is 1. The van der Waals surface area contributed by atoms with Crippen molar-refractivity contribution in [2.45, 2.75) is 30.2 Å². The zero-order chi connectivity index (χ0) is 13.9. The summed E-state index contributed by atoms with van der Waals surface area (Å²) in [5, 5.41) is 8.06. The molecular formula is C16H21N3S. The lowest BCUT2D eigenvalue weighted by Gasteiger charge is -2.24. The summed E-state index contributed by atoms with van der Waals surface area (Å²) in [4.78, 5) is 1.43. The highest BCUT2D eigenvalue weighted by molar-refractivity contribution is 7.99. The number of rotatable bonds is 5. The van der Waals surface area contributed by atoms with Crippen LogP contribution in [0.4, 0.5) is 0 Å². The first kappa shape index (κ1) is 13.7. The summed E-state index contributed by atoms with van der Waals surface area (Å²) in [6.07, 6.45) is 5.29. The molecule has 4 heteroatoms. The van der Waals surface area contributed by atoms with Crippen molar-refractivity contribution in [3.05, 3.63) is 47.8 Å². The van der Waals surface area contributed by atoms with Crippen molar-refractivity contribution >= 4 is 11.8 Å². The molecule has 0 saturated carbocycles. The molecule has 1 aliphatic rings. The first-order valence-corrected chi connectivity index (χ1v) is 8.21. The number of nitrogens with zero attached hydrogens (tertiary/aromatic N) is 2. The van der Waals surface area contributed by atoms with Crippen LogP contribution in [0.2, 0.25) is 0 Å². The summed E-state index contributed by atoms with van der Waals surface area (Å²) in [6.45, 7) is 3.26. The van der Waals surface area contributed by atoms with E-state index in [9.17, 15) is 0 Å². The van der Waals surface area contributed by atoms with Crippen molar-refractivity contribution in [1.29, 1.82) is 0 Å². The van der Waals surface area contributed by atoms with Crippen LogP contribution in [-0.2, 0) is 7.05 Å². The molecule has 2 unspecified atom stereocenters. The molecule has 0 fully saturated rings. The third-order valence-electron chi connectivity index (χ3n) is 3.84. The number of fused-ring (bicyclic) bond motifs is 1. The Morgan fingerprint density at radius 2 is 2.30 bits per heavy atom.